The van der Waals surface area contributed by atoms with Gasteiger partial charge in [0.15, 0.2) is 17.5 Å². The number of hydrogen-bond donors (Lipinski definition) is 1. The first kappa shape index (κ1) is 32.2. The summed E-state index contributed by atoms with van der Waals surface area (Å²) >= 11 is 6.12. The Hall–Kier alpha value is -3.77. The van der Waals surface area contributed by atoms with Crippen LogP contribution in [0.3, 0.4) is 0 Å². The van der Waals surface area contributed by atoms with Crippen LogP contribution in [-0.2, 0) is 4.74 Å². The molecular weight excluding hydrogens is 587 g/mol. The zero-order chi connectivity index (χ0) is 31.5. The summed E-state index contributed by atoms with van der Waals surface area (Å²) in [5.41, 5.74) is -0.584. The van der Waals surface area contributed by atoms with Gasteiger partial charge in [0, 0.05) is 38.3 Å². The monoisotopic (exact) mass is 621 g/mol. The number of benzene rings is 2. The molecule has 1 aromatic heterocycles. The molecule has 9 nitrogen and oxygen atoms in total. The summed E-state index contributed by atoms with van der Waals surface area (Å²) in [7, 11) is 0. The third-order valence-electron chi connectivity index (χ3n) is 6.84. The zero-order valence-electron chi connectivity index (χ0n) is 24.8. The van der Waals surface area contributed by atoms with E-state index >= 15 is 0 Å². The van der Waals surface area contributed by atoms with Gasteiger partial charge in [-0.15, -0.1) is 0 Å². The number of piperazine rings is 1. The normalized spacial score (nSPS) is 14.1. The second-order valence-corrected chi connectivity index (χ2v) is 11.6. The lowest BCUT2D eigenvalue weighted by Gasteiger charge is -2.35. The van der Waals surface area contributed by atoms with Crippen LogP contribution in [0.2, 0.25) is 5.02 Å². The first-order chi connectivity index (χ1) is 20.2. The van der Waals surface area contributed by atoms with Crippen LogP contribution in [0.1, 0.15) is 48.9 Å². The van der Waals surface area contributed by atoms with E-state index in [4.69, 9.17) is 21.1 Å². The van der Waals surface area contributed by atoms with Crippen LogP contribution in [0, 0.1) is 31.3 Å². The maximum absolute atomic E-state index is 14.6. The molecule has 1 saturated heterocycles. The van der Waals surface area contributed by atoms with Gasteiger partial charge in [-0.2, -0.15) is 5.10 Å². The van der Waals surface area contributed by atoms with Crippen LogP contribution in [0.15, 0.2) is 30.3 Å². The van der Waals surface area contributed by atoms with E-state index in [9.17, 15) is 22.8 Å². The fourth-order valence-electron chi connectivity index (χ4n) is 4.55. The van der Waals surface area contributed by atoms with E-state index in [0.717, 1.165) is 36.8 Å². The maximum atomic E-state index is 14.6. The van der Waals surface area contributed by atoms with Crippen molar-refractivity contribution in [2.24, 2.45) is 0 Å². The molecule has 1 N–H and O–H groups in total. The predicted molar refractivity (Wildman–Crippen MR) is 157 cm³/mol. The van der Waals surface area contributed by atoms with Crippen molar-refractivity contribution in [1.29, 1.82) is 0 Å². The highest BCUT2D eigenvalue weighted by atomic mass is 35.5. The van der Waals surface area contributed by atoms with E-state index < -0.39 is 40.3 Å². The van der Waals surface area contributed by atoms with Gasteiger partial charge in [-0.05, 0) is 71.4 Å². The Morgan fingerprint density at radius 2 is 1.65 bits per heavy atom. The molecule has 2 heterocycles. The minimum atomic E-state index is -1.75. The Bertz CT molecular complexity index is 1480. The predicted octanol–water partition coefficient (Wildman–Crippen LogP) is 6.13. The number of ether oxygens (including phenoxy) is 2. The van der Waals surface area contributed by atoms with Crippen LogP contribution >= 0.6 is 11.6 Å². The molecule has 3 aromatic rings. The second-order valence-electron chi connectivity index (χ2n) is 11.3. The van der Waals surface area contributed by atoms with Gasteiger partial charge in [-0.1, -0.05) is 11.6 Å². The lowest BCUT2D eigenvalue weighted by Crippen LogP contribution is -2.50. The molecule has 0 bridgehead atoms. The van der Waals surface area contributed by atoms with Crippen LogP contribution in [-0.4, -0.2) is 76.5 Å². The highest BCUT2D eigenvalue weighted by Crippen LogP contribution is 2.30. The number of carbonyl (C=O) groups excluding carboxylic acids is 2. The summed E-state index contributed by atoms with van der Waals surface area (Å²) in [5.74, 6) is -4.92. The van der Waals surface area contributed by atoms with Gasteiger partial charge in [0.2, 0.25) is 0 Å². The minimum absolute atomic E-state index is 0.162. The Morgan fingerprint density at radius 3 is 2.23 bits per heavy atom. The Morgan fingerprint density at radius 1 is 1.00 bits per heavy atom. The van der Waals surface area contributed by atoms with Crippen molar-refractivity contribution in [2.75, 3.05) is 44.6 Å². The van der Waals surface area contributed by atoms with E-state index in [1.54, 1.807) is 30.9 Å². The quantitative estimate of drug-likeness (QED) is 0.240. The van der Waals surface area contributed by atoms with Gasteiger partial charge >= 0.3 is 6.09 Å². The molecule has 2 amide bonds. The van der Waals surface area contributed by atoms with Gasteiger partial charge in [0.1, 0.15) is 17.0 Å². The summed E-state index contributed by atoms with van der Waals surface area (Å²) in [6, 6.07) is 7.13. The number of hydrogen-bond acceptors (Lipinski definition) is 6. The van der Waals surface area contributed by atoms with Crippen molar-refractivity contribution in [3.63, 3.8) is 0 Å². The van der Waals surface area contributed by atoms with E-state index in [2.05, 4.69) is 15.3 Å². The summed E-state index contributed by atoms with van der Waals surface area (Å²) in [6.07, 6.45) is 0.462. The summed E-state index contributed by atoms with van der Waals surface area (Å²) in [6.45, 7) is 12.6. The lowest BCUT2D eigenvalue weighted by molar-refractivity contribution is 0.0142. The molecule has 2 aromatic carbocycles. The molecular formula is C30H35ClF3N5O4. The van der Waals surface area contributed by atoms with E-state index in [1.807, 2.05) is 20.8 Å². The Labute approximate surface area is 253 Å². The summed E-state index contributed by atoms with van der Waals surface area (Å²) < 4.78 is 55.9. The van der Waals surface area contributed by atoms with Crippen LogP contribution < -0.4 is 10.1 Å². The van der Waals surface area contributed by atoms with Crippen LogP contribution in [0.5, 0.6) is 5.75 Å². The first-order valence-corrected chi connectivity index (χ1v) is 14.3. The van der Waals surface area contributed by atoms with Crippen molar-refractivity contribution >= 4 is 29.3 Å². The number of aromatic nitrogens is 2. The van der Waals surface area contributed by atoms with Gasteiger partial charge in [0.05, 0.1) is 28.7 Å². The third-order valence-corrected chi connectivity index (χ3v) is 7.38. The average Bonchev–Trinajstić information content (AvgIpc) is 3.22. The number of nitrogens with zero attached hydrogens (tertiary/aromatic N) is 4. The molecule has 4 rings (SSSR count). The molecule has 13 heteroatoms. The fourth-order valence-corrected chi connectivity index (χ4v) is 4.67. The topological polar surface area (TPSA) is 88.9 Å². The minimum Gasteiger partial charge on any atom is -0.494 e. The molecule has 43 heavy (non-hydrogen) atoms. The fraction of sp³-hybridized carbons (Fsp3) is 0.433. The molecule has 1 aliphatic heterocycles. The molecule has 0 aliphatic carbocycles. The van der Waals surface area contributed by atoms with Gasteiger partial charge in [-0.25, -0.2) is 22.6 Å². The van der Waals surface area contributed by atoms with Crippen LogP contribution in [0.4, 0.5) is 23.7 Å². The van der Waals surface area contributed by atoms with Crippen LogP contribution in [0.25, 0.3) is 5.69 Å². The van der Waals surface area contributed by atoms with E-state index in [1.165, 1.54) is 12.1 Å². The summed E-state index contributed by atoms with van der Waals surface area (Å²) in [4.78, 5) is 29.0. The maximum Gasteiger partial charge on any atom is 0.410 e. The van der Waals surface area contributed by atoms with Gasteiger partial charge < -0.3 is 19.7 Å². The van der Waals surface area contributed by atoms with Crippen molar-refractivity contribution in [1.82, 2.24) is 19.6 Å². The smallest absolute Gasteiger partial charge is 0.410 e. The molecule has 0 radical (unpaired) electrons. The molecule has 0 saturated carbocycles. The Balaban J connectivity index is 1.28. The number of rotatable bonds is 8. The molecule has 0 spiro atoms. The average molecular weight is 622 g/mol. The van der Waals surface area contributed by atoms with Crippen molar-refractivity contribution < 1.29 is 32.2 Å². The molecule has 1 fully saturated rings. The standard InChI is InChI=1S/C30H35ClF3N5O4/c1-18-24(31)19(2)39(36-18)23-17-22(25(32)27(34)26(23)33)35-28(40)20-7-9-21(10-8-20)42-16-6-11-37-12-14-38(15-13-37)29(41)43-30(3,4)5/h7-10,17H,6,11-16H2,1-5H3,(H,35,40). The number of amides is 2. The number of carbonyl (C=O) groups is 2. The van der Waals surface area contributed by atoms with Gasteiger partial charge in [0.25, 0.3) is 5.91 Å². The Kier molecular flexibility index (Phi) is 9.91. The van der Waals surface area contributed by atoms with Crippen molar-refractivity contribution in [3.8, 4) is 11.4 Å². The highest BCUT2D eigenvalue weighted by Gasteiger charge is 2.26. The first-order valence-electron chi connectivity index (χ1n) is 13.9. The molecule has 1 aliphatic rings. The number of halogens is 4. The lowest BCUT2D eigenvalue weighted by atomic mass is 10.2. The molecule has 0 unspecified atom stereocenters. The second kappa shape index (κ2) is 13.3. The van der Waals surface area contributed by atoms with Crippen molar-refractivity contribution in [2.45, 2.75) is 46.6 Å². The molecule has 232 valence electrons. The number of anilines is 1. The summed E-state index contributed by atoms with van der Waals surface area (Å²) in [5, 5.41) is 6.64. The highest BCUT2D eigenvalue weighted by molar-refractivity contribution is 6.31. The van der Waals surface area contributed by atoms with Gasteiger partial charge in [-0.3, -0.25) is 9.69 Å². The third kappa shape index (κ3) is 7.80. The SMILES string of the molecule is Cc1nn(-c2cc(NC(=O)c3ccc(OCCCN4CCN(C(=O)OC(C)(C)C)CC4)cc3)c(F)c(F)c2F)c(C)c1Cl. The zero-order valence-corrected chi connectivity index (χ0v) is 25.5. The van der Waals surface area contributed by atoms with E-state index in [0.29, 0.717) is 36.8 Å². The number of nitrogens with one attached hydrogen (secondary N) is 1. The number of aryl methyl sites for hydroxylation is 1. The molecule has 0 atom stereocenters. The largest absolute Gasteiger partial charge is 0.494 e. The van der Waals surface area contributed by atoms with E-state index in [-0.39, 0.29) is 16.7 Å². The van der Waals surface area contributed by atoms with Crippen molar-refractivity contribution in [3.05, 3.63) is 69.8 Å².